The highest BCUT2D eigenvalue weighted by Gasteiger charge is 2.34. The molecule has 5 amide bonds. The van der Waals surface area contributed by atoms with Gasteiger partial charge < -0.3 is 40.7 Å². The lowest BCUT2D eigenvalue weighted by Gasteiger charge is -2.23. The minimum Gasteiger partial charge on any atom is -0.423 e. The summed E-state index contributed by atoms with van der Waals surface area (Å²) in [5, 5.41) is 75.1. The molecule has 1 aliphatic heterocycles. The lowest BCUT2D eigenvalue weighted by Crippen LogP contribution is -2.44. The Labute approximate surface area is 271 Å². The van der Waals surface area contributed by atoms with Crippen molar-refractivity contribution in [1.29, 1.82) is 0 Å². The summed E-state index contributed by atoms with van der Waals surface area (Å²) in [6.07, 6.45) is -1.61. The highest BCUT2D eigenvalue weighted by atomic mass is 16.6. The number of benzene rings is 2. The Kier molecular flexibility index (Phi) is 12.8. The largest absolute Gasteiger partial charge is 0.488 e. The van der Waals surface area contributed by atoms with E-state index >= 15 is 0 Å². The molecule has 1 heterocycles. The van der Waals surface area contributed by atoms with Crippen LogP contribution in [-0.4, -0.2) is 121 Å². The normalized spacial score (nSPS) is 13.9. The smallest absolute Gasteiger partial charge is 0.423 e. The molecule has 7 N–H and O–H groups in total. The van der Waals surface area contributed by atoms with Gasteiger partial charge in [0, 0.05) is 74.3 Å². The third kappa shape index (κ3) is 9.86. The van der Waals surface area contributed by atoms with E-state index in [1.165, 1.54) is 0 Å². The zero-order chi connectivity index (χ0) is 35.7. The molecule has 22 heteroatoms. The van der Waals surface area contributed by atoms with Gasteiger partial charge in [-0.1, -0.05) is 0 Å². The van der Waals surface area contributed by atoms with Crippen LogP contribution in [0.2, 0.25) is 0 Å². The number of likely N-dealkylation sites (tertiary alicyclic amines) is 1. The van der Waals surface area contributed by atoms with Gasteiger partial charge in [0.15, 0.2) is 0 Å². The molecule has 254 valence electrons. The minimum atomic E-state index is -2.18. The SMILES string of the molecule is O=C(CN(CCCNC(=O)c1cc(B(O)O)cc([N+](=O)[O-])c1)C(=O)c1cc(B(O)O)cc([N+](=O)[O-])c1)NCCC(=O)N1C(=O)CCC1O. The van der Waals surface area contributed by atoms with E-state index in [4.69, 9.17) is 0 Å². The molecule has 3 rings (SSSR count). The van der Waals surface area contributed by atoms with Crippen LogP contribution in [0.1, 0.15) is 46.4 Å². The molecule has 0 bridgehead atoms. The fraction of sp³-hybridized carbons (Fsp3) is 0.346. The Hall–Kier alpha value is -5.28. The number of nitrogens with zero attached hydrogens (tertiary/aromatic N) is 4. The number of imide groups is 1. The second kappa shape index (κ2) is 16.5. The molecular weight excluding hydrogens is 642 g/mol. The van der Waals surface area contributed by atoms with Crippen molar-refractivity contribution < 1.29 is 59.0 Å². The van der Waals surface area contributed by atoms with Crippen molar-refractivity contribution in [3.8, 4) is 0 Å². The summed E-state index contributed by atoms with van der Waals surface area (Å²) < 4.78 is 0. The third-order valence-corrected chi connectivity index (χ3v) is 7.03. The van der Waals surface area contributed by atoms with Crippen molar-refractivity contribution in [2.45, 2.75) is 31.9 Å². The van der Waals surface area contributed by atoms with Gasteiger partial charge in [-0.3, -0.25) is 49.1 Å². The number of non-ortho nitro benzene ring substituents is 2. The molecule has 0 saturated carbocycles. The molecule has 0 aliphatic carbocycles. The molecule has 48 heavy (non-hydrogen) atoms. The molecule has 1 atom stereocenters. The van der Waals surface area contributed by atoms with Gasteiger partial charge in [-0.2, -0.15) is 0 Å². The van der Waals surface area contributed by atoms with Crippen molar-refractivity contribution in [2.24, 2.45) is 0 Å². The number of nitrogens with one attached hydrogen (secondary N) is 2. The lowest BCUT2D eigenvalue weighted by atomic mass is 9.79. The minimum absolute atomic E-state index is 0.0123. The summed E-state index contributed by atoms with van der Waals surface area (Å²) in [4.78, 5) is 85.5. The molecule has 1 fully saturated rings. The predicted molar refractivity (Wildman–Crippen MR) is 163 cm³/mol. The summed E-state index contributed by atoms with van der Waals surface area (Å²) in [5.41, 5.74) is -2.58. The number of amides is 5. The van der Waals surface area contributed by atoms with Crippen LogP contribution in [0.15, 0.2) is 36.4 Å². The second-order valence-corrected chi connectivity index (χ2v) is 10.5. The van der Waals surface area contributed by atoms with Gasteiger partial charge in [-0.05, 0) is 29.5 Å². The van der Waals surface area contributed by atoms with Crippen molar-refractivity contribution in [1.82, 2.24) is 20.4 Å². The van der Waals surface area contributed by atoms with Crippen molar-refractivity contribution in [3.63, 3.8) is 0 Å². The van der Waals surface area contributed by atoms with Gasteiger partial charge >= 0.3 is 14.2 Å². The monoisotopic (exact) mass is 672 g/mol. The zero-order valence-corrected chi connectivity index (χ0v) is 25.1. The molecular formula is C26H30B2N6O14. The van der Waals surface area contributed by atoms with Crippen molar-refractivity contribution in [2.75, 3.05) is 26.2 Å². The first-order valence-corrected chi connectivity index (χ1v) is 14.3. The second-order valence-electron chi connectivity index (χ2n) is 10.5. The van der Waals surface area contributed by atoms with Crippen LogP contribution in [0.3, 0.4) is 0 Å². The first kappa shape index (κ1) is 37.2. The predicted octanol–water partition coefficient (Wildman–Crippen LogP) is -3.90. The lowest BCUT2D eigenvalue weighted by molar-refractivity contribution is -0.385. The van der Waals surface area contributed by atoms with E-state index in [-0.39, 0.29) is 67.4 Å². The fourth-order valence-electron chi connectivity index (χ4n) is 4.67. The Morgan fingerprint density at radius 2 is 1.44 bits per heavy atom. The molecule has 2 aromatic rings. The average Bonchev–Trinajstić information content (AvgIpc) is 3.38. The quantitative estimate of drug-likeness (QED) is 0.0412. The van der Waals surface area contributed by atoms with Crippen LogP contribution in [-0.2, 0) is 14.4 Å². The summed E-state index contributed by atoms with van der Waals surface area (Å²) in [5.74, 6) is -3.89. The van der Waals surface area contributed by atoms with Crippen molar-refractivity contribution >= 4 is 66.1 Å². The topological polar surface area (TPSA) is 303 Å². The van der Waals surface area contributed by atoms with E-state index < -0.39 is 77.8 Å². The number of rotatable bonds is 15. The maximum absolute atomic E-state index is 13.4. The van der Waals surface area contributed by atoms with Gasteiger partial charge in [-0.15, -0.1) is 0 Å². The first-order chi connectivity index (χ1) is 22.6. The molecule has 1 unspecified atom stereocenters. The Bertz CT molecular complexity index is 1610. The molecule has 1 saturated heterocycles. The van der Waals surface area contributed by atoms with Gasteiger partial charge in [-0.25, -0.2) is 0 Å². The Morgan fingerprint density at radius 1 is 0.875 bits per heavy atom. The van der Waals surface area contributed by atoms with Gasteiger partial charge in [0.05, 0.1) is 16.4 Å². The number of nitro groups is 2. The summed E-state index contributed by atoms with van der Waals surface area (Å²) in [6.45, 7) is -1.40. The van der Waals surface area contributed by atoms with Crippen LogP contribution in [0.4, 0.5) is 11.4 Å². The summed E-state index contributed by atoms with van der Waals surface area (Å²) in [6, 6.07) is 5.46. The van der Waals surface area contributed by atoms with Crippen molar-refractivity contribution in [3.05, 3.63) is 67.8 Å². The van der Waals surface area contributed by atoms with Crippen LogP contribution in [0.5, 0.6) is 0 Å². The number of aliphatic hydroxyl groups is 1. The summed E-state index contributed by atoms with van der Waals surface area (Å²) >= 11 is 0. The number of carbonyl (C=O) groups is 5. The highest BCUT2D eigenvalue weighted by molar-refractivity contribution is 6.59. The number of carbonyl (C=O) groups excluding carboxylic acids is 5. The standard InChI is InChI=1S/C26H30B2N6O14/c35-21(29-6-4-24(38)32-22(36)2-3-23(32)37)14-31(26(40)16-9-18(28(43)44)13-20(11-16)34(47)48)7-1-5-30-25(39)15-8-17(27(41)42)12-19(10-15)33(45)46/h8-13,22,36,41-44H,1-7,14H2,(H,29,35)(H,30,39). The maximum atomic E-state index is 13.4. The molecule has 2 aromatic carbocycles. The number of nitro benzene ring substituents is 2. The molecule has 0 aromatic heterocycles. The van der Waals surface area contributed by atoms with Gasteiger partial charge in [0.2, 0.25) is 17.7 Å². The Morgan fingerprint density at radius 3 is 1.96 bits per heavy atom. The maximum Gasteiger partial charge on any atom is 0.488 e. The average molecular weight is 672 g/mol. The van der Waals surface area contributed by atoms with Crippen LogP contribution in [0, 0.1) is 20.2 Å². The van der Waals surface area contributed by atoms with E-state index in [1.807, 2.05) is 0 Å². The third-order valence-electron chi connectivity index (χ3n) is 7.03. The zero-order valence-electron chi connectivity index (χ0n) is 25.1. The molecule has 0 spiro atoms. The number of hydrogen-bond acceptors (Lipinski definition) is 14. The summed E-state index contributed by atoms with van der Waals surface area (Å²) in [7, 11) is -4.28. The van der Waals surface area contributed by atoms with E-state index in [1.54, 1.807) is 0 Å². The van der Waals surface area contributed by atoms with E-state index in [2.05, 4.69) is 10.6 Å². The molecule has 0 radical (unpaired) electrons. The van der Waals surface area contributed by atoms with E-state index in [0.717, 1.165) is 41.3 Å². The van der Waals surface area contributed by atoms with Crippen LogP contribution in [0.25, 0.3) is 0 Å². The fourth-order valence-corrected chi connectivity index (χ4v) is 4.67. The first-order valence-electron chi connectivity index (χ1n) is 14.3. The van der Waals surface area contributed by atoms with Gasteiger partial charge in [0.25, 0.3) is 23.2 Å². The van der Waals surface area contributed by atoms with Gasteiger partial charge in [0.1, 0.15) is 6.23 Å². The van der Waals surface area contributed by atoms with Crippen LogP contribution >= 0.6 is 0 Å². The van der Waals surface area contributed by atoms with Crippen LogP contribution < -0.4 is 21.6 Å². The van der Waals surface area contributed by atoms with E-state index in [0.29, 0.717) is 4.90 Å². The molecule has 20 nitrogen and oxygen atoms in total. The number of hydrogen-bond donors (Lipinski definition) is 7. The highest BCUT2D eigenvalue weighted by Crippen LogP contribution is 2.18. The molecule has 1 aliphatic rings. The Balaban J connectivity index is 1.72. The van der Waals surface area contributed by atoms with E-state index in [9.17, 15) is 69.4 Å². The number of aliphatic hydroxyl groups excluding tert-OH is 1.